The summed E-state index contributed by atoms with van der Waals surface area (Å²) in [4.78, 5) is 4.23. The van der Waals surface area contributed by atoms with E-state index in [4.69, 9.17) is 10.2 Å². The minimum absolute atomic E-state index is 0.224. The third-order valence-electron chi connectivity index (χ3n) is 2.31. The van der Waals surface area contributed by atoms with E-state index in [-0.39, 0.29) is 11.9 Å². The van der Waals surface area contributed by atoms with Crippen molar-refractivity contribution in [1.29, 1.82) is 0 Å². The summed E-state index contributed by atoms with van der Waals surface area (Å²) in [6, 6.07) is 8.16. The van der Waals surface area contributed by atoms with Gasteiger partial charge in [-0.15, -0.1) is 0 Å². The fraction of sp³-hybridized carbons (Fsp3) is 0.250. The second-order valence-electron chi connectivity index (χ2n) is 3.93. The van der Waals surface area contributed by atoms with Crippen molar-refractivity contribution >= 4 is 21.9 Å². The molecule has 2 rings (SSSR count). The van der Waals surface area contributed by atoms with Gasteiger partial charge in [0.15, 0.2) is 0 Å². The van der Waals surface area contributed by atoms with Crippen molar-refractivity contribution < 1.29 is 4.42 Å². The molecule has 0 amide bonds. The van der Waals surface area contributed by atoms with Crippen LogP contribution in [0.25, 0.3) is 11.3 Å². The normalized spacial score (nSPS) is 11.0. The number of nitrogens with zero attached hydrogens (tertiary/aromatic N) is 1. The number of halogens is 1. The minimum Gasteiger partial charge on any atom is -0.428 e. The molecule has 0 saturated heterocycles. The molecule has 0 bridgehead atoms. The molecule has 3 nitrogen and oxygen atoms in total. The van der Waals surface area contributed by atoms with E-state index in [1.54, 1.807) is 0 Å². The van der Waals surface area contributed by atoms with Crippen molar-refractivity contribution in [1.82, 2.24) is 4.98 Å². The Balaban J connectivity index is 2.50. The number of hydrogen-bond donors (Lipinski definition) is 1. The lowest BCUT2D eigenvalue weighted by Crippen LogP contribution is -1.88. The van der Waals surface area contributed by atoms with Crippen molar-refractivity contribution in [3.8, 4) is 11.3 Å². The van der Waals surface area contributed by atoms with Gasteiger partial charge in [-0.25, -0.2) is 0 Å². The number of nitrogens with two attached hydrogens (primary N) is 1. The van der Waals surface area contributed by atoms with Crippen LogP contribution in [0.5, 0.6) is 0 Å². The molecule has 1 aromatic heterocycles. The van der Waals surface area contributed by atoms with E-state index in [2.05, 4.69) is 34.8 Å². The zero-order valence-corrected chi connectivity index (χ0v) is 10.8. The summed E-state index contributed by atoms with van der Waals surface area (Å²) in [5, 5.41) is 0. The Morgan fingerprint density at radius 2 is 1.88 bits per heavy atom. The lowest BCUT2D eigenvalue weighted by Gasteiger charge is -2.03. The van der Waals surface area contributed by atoms with Crippen LogP contribution in [0.3, 0.4) is 0 Å². The highest BCUT2D eigenvalue weighted by molar-refractivity contribution is 9.10. The molecule has 0 aliphatic heterocycles. The van der Waals surface area contributed by atoms with Gasteiger partial charge in [0.1, 0.15) is 11.5 Å². The summed E-state index contributed by atoms with van der Waals surface area (Å²) in [6.45, 7) is 4.12. The van der Waals surface area contributed by atoms with Gasteiger partial charge < -0.3 is 10.2 Å². The smallest absolute Gasteiger partial charge is 0.292 e. The zero-order chi connectivity index (χ0) is 11.7. The van der Waals surface area contributed by atoms with Crippen LogP contribution in [-0.4, -0.2) is 4.98 Å². The Bertz CT molecular complexity index is 488. The first-order chi connectivity index (χ1) is 7.58. The maximum absolute atomic E-state index is 5.60. The van der Waals surface area contributed by atoms with E-state index < -0.39 is 0 Å². The number of anilines is 1. The molecule has 0 aliphatic rings. The van der Waals surface area contributed by atoms with Crippen LogP contribution in [0.15, 0.2) is 33.2 Å². The van der Waals surface area contributed by atoms with Gasteiger partial charge in [-0.1, -0.05) is 41.9 Å². The standard InChI is InChI=1S/C12H13BrN2O/c1-7(2)11-10(15-12(14)16-11)8-3-5-9(13)6-4-8/h3-7H,1-2H3,(H2,14,15). The van der Waals surface area contributed by atoms with Gasteiger partial charge in [-0.3, -0.25) is 0 Å². The summed E-state index contributed by atoms with van der Waals surface area (Å²) in [5.41, 5.74) is 7.45. The summed E-state index contributed by atoms with van der Waals surface area (Å²) < 4.78 is 6.46. The van der Waals surface area contributed by atoms with E-state index >= 15 is 0 Å². The quantitative estimate of drug-likeness (QED) is 0.910. The second kappa shape index (κ2) is 4.29. The SMILES string of the molecule is CC(C)c1oc(N)nc1-c1ccc(Br)cc1. The van der Waals surface area contributed by atoms with Gasteiger partial charge in [0, 0.05) is 16.0 Å². The van der Waals surface area contributed by atoms with E-state index in [1.807, 2.05) is 24.3 Å². The van der Waals surface area contributed by atoms with Crippen LogP contribution in [0.4, 0.5) is 6.01 Å². The number of benzene rings is 1. The number of aromatic nitrogens is 1. The Labute approximate surface area is 103 Å². The molecule has 2 N–H and O–H groups in total. The predicted octanol–water partition coefficient (Wildman–Crippen LogP) is 3.81. The Morgan fingerprint density at radius 3 is 2.44 bits per heavy atom. The van der Waals surface area contributed by atoms with Gasteiger partial charge in [0.2, 0.25) is 0 Å². The van der Waals surface area contributed by atoms with E-state index in [1.165, 1.54) is 0 Å². The first kappa shape index (κ1) is 11.2. The van der Waals surface area contributed by atoms with Gasteiger partial charge in [0.25, 0.3) is 6.01 Å². The highest BCUT2D eigenvalue weighted by Gasteiger charge is 2.16. The summed E-state index contributed by atoms with van der Waals surface area (Å²) in [6.07, 6.45) is 0. The Kier molecular flexibility index (Phi) is 3.01. The van der Waals surface area contributed by atoms with Gasteiger partial charge in [-0.2, -0.15) is 4.98 Å². The molecule has 0 fully saturated rings. The van der Waals surface area contributed by atoms with Crippen molar-refractivity contribution in [2.75, 3.05) is 5.73 Å². The van der Waals surface area contributed by atoms with Crippen molar-refractivity contribution in [3.63, 3.8) is 0 Å². The van der Waals surface area contributed by atoms with Crippen LogP contribution in [0.1, 0.15) is 25.5 Å². The topological polar surface area (TPSA) is 52.0 Å². The lowest BCUT2D eigenvalue weighted by molar-refractivity contribution is 0.500. The average molecular weight is 281 g/mol. The highest BCUT2D eigenvalue weighted by atomic mass is 79.9. The van der Waals surface area contributed by atoms with Gasteiger partial charge >= 0.3 is 0 Å². The largest absolute Gasteiger partial charge is 0.428 e. The number of nitrogen functional groups attached to an aromatic ring is 1. The molecule has 0 saturated carbocycles. The predicted molar refractivity (Wildman–Crippen MR) is 68.1 cm³/mol. The first-order valence-corrected chi connectivity index (χ1v) is 5.89. The molecule has 0 spiro atoms. The molecule has 84 valence electrons. The van der Waals surface area contributed by atoms with Crippen molar-refractivity contribution in [2.45, 2.75) is 19.8 Å². The number of oxazole rings is 1. The zero-order valence-electron chi connectivity index (χ0n) is 9.20. The van der Waals surface area contributed by atoms with E-state index in [9.17, 15) is 0 Å². The van der Waals surface area contributed by atoms with Gasteiger partial charge in [0.05, 0.1) is 0 Å². The van der Waals surface area contributed by atoms with E-state index in [0.717, 1.165) is 21.5 Å². The van der Waals surface area contributed by atoms with Crippen LogP contribution in [0.2, 0.25) is 0 Å². The molecule has 1 aromatic carbocycles. The van der Waals surface area contributed by atoms with E-state index in [0.29, 0.717) is 0 Å². The molecular weight excluding hydrogens is 268 g/mol. The highest BCUT2D eigenvalue weighted by Crippen LogP contribution is 2.31. The fourth-order valence-electron chi connectivity index (χ4n) is 1.55. The molecule has 4 heteroatoms. The molecule has 1 heterocycles. The maximum Gasteiger partial charge on any atom is 0.292 e. The average Bonchev–Trinajstić information content (AvgIpc) is 2.61. The number of hydrogen-bond acceptors (Lipinski definition) is 3. The molecule has 0 radical (unpaired) electrons. The maximum atomic E-state index is 5.60. The fourth-order valence-corrected chi connectivity index (χ4v) is 1.82. The van der Waals surface area contributed by atoms with Crippen LogP contribution >= 0.6 is 15.9 Å². The van der Waals surface area contributed by atoms with Crippen molar-refractivity contribution in [2.24, 2.45) is 0 Å². The molecule has 2 aromatic rings. The van der Waals surface area contributed by atoms with Crippen LogP contribution in [0, 0.1) is 0 Å². The second-order valence-corrected chi connectivity index (χ2v) is 4.84. The first-order valence-electron chi connectivity index (χ1n) is 5.10. The third kappa shape index (κ3) is 2.11. The number of rotatable bonds is 2. The van der Waals surface area contributed by atoms with Crippen LogP contribution in [-0.2, 0) is 0 Å². The van der Waals surface area contributed by atoms with Crippen LogP contribution < -0.4 is 5.73 Å². The minimum atomic E-state index is 0.224. The Morgan fingerprint density at radius 1 is 1.25 bits per heavy atom. The Hall–Kier alpha value is -1.29. The lowest BCUT2D eigenvalue weighted by atomic mass is 10.0. The molecule has 0 unspecified atom stereocenters. The molecule has 0 atom stereocenters. The monoisotopic (exact) mass is 280 g/mol. The molecular formula is C12H13BrN2O. The molecule has 0 aliphatic carbocycles. The molecule has 16 heavy (non-hydrogen) atoms. The van der Waals surface area contributed by atoms with Crippen molar-refractivity contribution in [3.05, 3.63) is 34.5 Å². The summed E-state index contributed by atoms with van der Waals surface area (Å²) >= 11 is 3.40. The third-order valence-corrected chi connectivity index (χ3v) is 2.84. The summed E-state index contributed by atoms with van der Waals surface area (Å²) in [7, 11) is 0. The van der Waals surface area contributed by atoms with Gasteiger partial charge in [-0.05, 0) is 12.1 Å². The summed E-state index contributed by atoms with van der Waals surface area (Å²) in [5.74, 6) is 1.10.